The van der Waals surface area contributed by atoms with Gasteiger partial charge >= 0.3 is 0 Å². The molecule has 0 radical (unpaired) electrons. The molecule has 0 aliphatic heterocycles. The number of rotatable bonds is 5. The van der Waals surface area contributed by atoms with Gasteiger partial charge in [-0.05, 0) is 52.5 Å². The van der Waals surface area contributed by atoms with Crippen LogP contribution in [0.25, 0.3) is 0 Å². The van der Waals surface area contributed by atoms with Crippen molar-refractivity contribution in [3.63, 3.8) is 0 Å². The van der Waals surface area contributed by atoms with Crippen molar-refractivity contribution >= 4 is 39.3 Å². The minimum absolute atomic E-state index is 0.235. The van der Waals surface area contributed by atoms with Crippen LogP contribution in [0.2, 0.25) is 5.15 Å². The molecule has 2 aromatic rings. The van der Waals surface area contributed by atoms with Gasteiger partial charge in [-0.15, -0.1) is 11.8 Å². The second-order valence-electron chi connectivity index (χ2n) is 5.03. The van der Waals surface area contributed by atoms with E-state index in [0.717, 1.165) is 21.5 Å². The molecule has 0 aliphatic rings. The maximum absolute atomic E-state index is 12.9. The third-order valence-corrected chi connectivity index (χ3v) is 5.05. The van der Waals surface area contributed by atoms with Gasteiger partial charge in [0.05, 0.1) is 15.9 Å². The Bertz CT molecular complexity index is 620. The van der Waals surface area contributed by atoms with Gasteiger partial charge in [0.25, 0.3) is 0 Å². The van der Waals surface area contributed by atoms with Gasteiger partial charge in [0.1, 0.15) is 16.8 Å². The molecule has 0 spiro atoms. The number of aromatic nitrogens is 2. The number of halogens is 3. The lowest BCUT2D eigenvalue weighted by atomic mass is 10.1. The first-order valence-corrected chi connectivity index (χ1v) is 8.70. The average molecular weight is 390 g/mol. The van der Waals surface area contributed by atoms with Crippen LogP contribution in [0.4, 0.5) is 4.39 Å². The number of hydrogen-bond donors (Lipinski definition) is 0. The summed E-state index contributed by atoms with van der Waals surface area (Å²) in [6, 6.07) is 6.38. The molecule has 6 heteroatoms. The van der Waals surface area contributed by atoms with E-state index in [9.17, 15) is 4.39 Å². The van der Waals surface area contributed by atoms with Crippen LogP contribution in [-0.4, -0.2) is 9.97 Å². The van der Waals surface area contributed by atoms with Gasteiger partial charge in [0.2, 0.25) is 0 Å². The average Bonchev–Trinajstić information content (AvgIpc) is 2.43. The van der Waals surface area contributed by atoms with E-state index in [1.54, 1.807) is 23.9 Å². The molecule has 0 fully saturated rings. The first-order chi connectivity index (χ1) is 9.95. The molecule has 0 atom stereocenters. The van der Waals surface area contributed by atoms with Gasteiger partial charge in [-0.2, -0.15) is 0 Å². The highest BCUT2D eigenvalue weighted by Gasteiger charge is 2.12. The highest BCUT2D eigenvalue weighted by Crippen LogP contribution is 2.28. The standard InChI is InChI=1S/C15H15BrClFN2S/c1-9(2)7-12-14(16)15(17)20-13(19-12)8-21-11-5-3-10(18)4-6-11/h3-6,9H,7-8H2,1-2H3. The zero-order chi connectivity index (χ0) is 15.4. The minimum Gasteiger partial charge on any atom is -0.236 e. The Morgan fingerprint density at radius 2 is 1.90 bits per heavy atom. The Hall–Kier alpha value is -0.650. The van der Waals surface area contributed by atoms with Crippen molar-refractivity contribution in [3.8, 4) is 0 Å². The molecule has 0 aliphatic carbocycles. The van der Waals surface area contributed by atoms with E-state index >= 15 is 0 Å². The highest BCUT2D eigenvalue weighted by atomic mass is 79.9. The van der Waals surface area contributed by atoms with Crippen molar-refractivity contribution < 1.29 is 4.39 Å². The summed E-state index contributed by atoms with van der Waals surface area (Å²) in [6.07, 6.45) is 0.844. The summed E-state index contributed by atoms with van der Waals surface area (Å²) < 4.78 is 13.6. The summed E-state index contributed by atoms with van der Waals surface area (Å²) in [7, 11) is 0. The number of nitrogens with zero attached hydrogens (tertiary/aromatic N) is 2. The predicted octanol–water partition coefficient (Wildman–Crippen LogP) is 5.52. The Balaban J connectivity index is 2.12. The topological polar surface area (TPSA) is 25.8 Å². The quantitative estimate of drug-likeness (QED) is 0.497. The summed E-state index contributed by atoms with van der Waals surface area (Å²) in [4.78, 5) is 9.83. The summed E-state index contributed by atoms with van der Waals surface area (Å²) in [5, 5.41) is 0.440. The van der Waals surface area contributed by atoms with Crippen molar-refractivity contribution in [1.82, 2.24) is 9.97 Å². The van der Waals surface area contributed by atoms with Crippen LogP contribution in [0, 0.1) is 11.7 Å². The molecule has 0 saturated heterocycles. The van der Waals surface area contributed by atoms with E-state index in [-0.39, 0.29) is 5.82 Å². The summed E-state index contributed by atoms with van der Waals surface area (Å²) in [5.41, 5.74) is 0.930. The van der Waals surface area contributed by atoms with Crippen LogP contribution in [0.3, 0.4) is 0 Å². The van der Waals surface area contributed by atoms with Crippen LogP contribution < -0.4 is 0 Å². The fourth-order valence-corrected chi connectivity index (χ4v) is 3.08. The molecule has 21 heavy (non-hydrogen) atoms. The zero-order valence-electron chi connectivity index (χ0n) is 11.7. The largest absolute Gasteiger partial charge is 0.236 e. The highest BCUT2D eigenvalue weighted by molar-refractivity contribution is 9.10. The normalized spacial score (nSPS) is 11.1. The minimum atomic E-state index is -0.235. The van der Waals surface area contributed by atoms with Crippen molar-refractivity contribution in [3.05, 3.63) is 51.2 Å². The maximum Gasteiger partial charge on any atom is 0.147 e. The van der Waals surface area contributed by atoms with Gasteiger partial charge in [0, 0.05) is 4.90 Å². The Kier molecular flexibility index (Phi) is 6.02. The van der Waals surface area contributed by atoms with E-state index in [1.165, 1.54) is 12.1 Å². The molecule has 0 bridgehead atoms. The van der Waals surface area contributed by atoms with Crippen molar-refractivity contribution in [2.45, 2.75) is 30.9 Å². The second-order valence-corrected chi connectivity index (χ2v) is 7.23. The molecule has 2 rings (SSSR count). The lowest BCUT2D eigenvalue weighted by molar-refractivity contribution is 0.626. The van der Waals surface area contributed by atoms with E-state index in [0.29, 0.717) is 22.6 Å². The molecular weight excluding hydrogens is 375 g/mol. The van der Waals surface area contributed by atoms with E-state index < -0.39 is 0 Å². The molecule has 0 unspecified atom stereocenters. The Morgan fingerprint density at radius 1 is 1.24 bits per heavy atom. The lowest BCUT2D eigenvalue weighted by Crippen LogP contribution is -2.04. The maximum atomic E-state index is 12.9. The molecule has 1 heterocycles. The van der Waals surface area contributed by atoms with E-state index in [1.807, 2.05) is 0 Å². The van der Waals surface area contributed by atoms with Gasteiger partial charge in [-0.25, -0.2) is 14.4 Å². The van der Waals surface area contributed by atoms with Crippen LogP contribution in [0.15, 0.2) is 33.6 Å². The Morgan fingerprint density at radius 3 is 2.52 bits per heavy atom. The fourth-order valence-electron chi connectivity index (χ4n) is 1.78. The fraction of sp³-hybridized carbons (Fsp3) is 0.333. The molecule has 2 nitrogen and oxygen atoms in total. The van der Waals surface area contributed by atoms with Gasteiger partial charge in [0.15, 0.2) is 0 Å². The molecular formula is C15H15BrClFN2S. The molecule has 1 aromatic carbocycles. The lowest BCUT2D eigenvalue weighted by Gasteiger charge is -2.10. The monoisotopic (exact) mass is 388 g/mol. The summed E-state index contributed by atoms with van der Waals surface area (Å²) >= 11 is 11.1. The van der Waals surface area contributed by atoms with Crippen LogP contribution >= 0.6 is 39.3 Å². The number of benzene rings is 1. The zero-order valence-corrected chi connectivity index (χ0v) is 14.9. The summed E-state index contributed by atoms with van der Waals surface area (Å²) in [6.45, 7) is 4.27. The smallest absolute Gasteiger partial charge is 0.147 e. The Labute approximate surface area is 141 Å². The number of thioether (sulfide) groups is 1. The summed E-state index contributed by atoms with van der Waals surface area (Å²) in [5.74, 6) is 1.54. The molecule has 112 valence electrons. The van der Waals surface area contributed by atoms with E-state index in [4.69, 9.17) is 11.6 Å². The van der Waals surface area contributed by atoms with Crippen LogP contribution in [-0.2, 0) is 12.2 Å². The third kappa shape index (κ3) is 4.94. The SMILES string of the molecule is CC(C)Cc1nc(CSc2ccc(F)cc2)nc(Cl)c1Br. The van der Waals surface area contributed by atoms with Gasteiger partial charge in [-0.3, -0.25) is 0 Å². The first-order valence-electron chi connectivity index (χ1n) is 6.55. The first kappa shape index (κ1) is 16.7. The third-order valence-electron chi connectivity index (χ3n) is 2.71. The van der Waals surface area contributed by atoms with Gasteiger partial charge in [-0.1, -0.05) is 25.4 Å². The van der Waals surface area contributed by atoms with Crippen molar-refractivity contribution in [2.75, 3.05) is 0 Å². The van der Waals surface area contributed by atoms with Crippen LogP contribution in [0.5, 0.6) is 0 Å². The second kappa shape index (κ2) is 7.56. The number of hydrogen-bond acceptors (Lipinski definition) is 3. The molecule has 0 amide bonds. The predicted molar refractivity (Wildman–Crippen MR) is 89.2 cm³/mol. The molecule has 0 N–H and O–H groups in total. The molecule has 1 aromatic heterocycles. The van der Waals surface area contributed by atoms with Gasteiger partial charge < -0.3 is 0 Å². The molecule has 0 saturated carbocycles. The van der Waals surface area contributed by atoms with Crippen molar-refractivity contribution in [1.29, 1.82) is 0 Å². The van der Waals surface area contributed by atoms with Crippen molar-refractivity contribution in [2.24, 2.45) is 5.92 Å². The van der Waals surface area contributed by atoms with E-state index in [2.05, 4.69) is 39.7 Å². The van der Waals surface area contributed by atoms with Crippen LogP contribution in [0.1, 0.15) is 25.4 Å².